The number of unbranched alkanes of at least 4 members (excludes halogenated alkanes) is 4. The zero-order chi connectivity index (χ0) is 17.4. The number of carbonyl (C=O) groups is 1. The molecular formula is C21H26O. The van der Waals surface area contributed by atoms with Gasteiger partial charge in [-0.15, -0.1) is 0 Å². The van der Waals surface area contributed by atoms with Gasteiger partial charge in [0.15, 0.2) is 5.78 Å². The highest BCUT2D eigenvalue weighted by molar-refractivity contribution is 5.94. The van der Waals surface area contributed by atoms with E-state index in [1.807, 2.05) is 12.1 Å². The predicted molar refractivity (Wildman–Crippen MR) is 94.3 cm³/mol. The van der Waals surface area contributed by atoms with Crippen LogP contribution >= 0.6 is 0 Å². The molecule has 0 aromatic heterocycles. The Kier molecular flexibility index (Phi) is 5.33. The van der Waals surface area contributed by atoms with Crippen molar-refractivity contribution >= 4 is 5.78 Å². The van der Waals surface area contributed by atoms with E-state index in [0.29, 0.717) is 5.56 Å². The highest BCUT2D eigenvalue weighted by Gasteiger charge is 2.01. The molecule has 0 spiro atoms. The van der Waals surface area contributed by atoms with Crippen molar-refractivity contribution in [2.24, 2.45) is 0 Å². The van der Waals surface area contributed by atoms with Crippen LogP contribution in [0.1, 0.15) is 64.6 Å². The molecule has 2 aromatic carbocycles. The quantitative estimate of drug-likeness (QED) is 0.427. The van der Waals surface area contributed by atoms with Crippen molar-refractivity contribution in [3.8, 4) is 11.1 Å². The molecule has 1 nitrogen and oxygen atoms in total. The molecule has 0 saturated carbocycles. The molecule has 1 heteroatoms. The van der Waals surface area contributed by atoms with Gasteiger partial charge in [-0.25, -0.2) is 0 Å². The van der Waals surface area contributed by atoms with E-state index in [1.165, 1.54) is 37.7 Å². The first kappa shape index (κ1) is 13.8. The predicted octanol–water partition coefficient (Wildman–Crippen LogP) is 6.07. The Bertz CT molecular complexity index is 630. The maximum absolute atomic E-state index is 11.6. The van der Waals surface area contributed by atoms with Crippen LogP contribution in [0.15, 0.2) is 48.5 Å². The van der Waals surface area contributed by atoms with Crippen molar-refractivity contribution in [1.29, 1.82) is 0 Å². The van der Waals surface area contributed by atoms with Gasteiger partial charge in [0.05, 0.1) is 0 Å². The zero-order valence-electron chi connectivity index (χ0n) is 15.3. The highest BCUT2D eigenvalue weighted by Crippen LogP contribution is 2.21. The van der Waals surface area contributed by atoms with Crippen molar-refractivity contribution in [2.75, 3.05) is 0 Å². The molecule has 0 heterocycles. The van der Waals surface area contributed by atoms with Crippen LogP contribution < -0.4 is 0 Å². The van der Waals surface area contributed by atoms with Gasteiger partial charge in [-0.2, -0.15) is 0 Å². The van der Waals surface area contributed by atoms with Crippen LogP contribution in [0.4, 0.5) is 0 Å². The van der Waals surface area contributed by atoms with E-state index >= 15 is 0 Å². The average molecular weight is 296 g/mol. The molecule has 0 aliphatic heterocycles. The second-order valence-corrected chi connectivity index (χ2v) is 5.80. The van der Waals surface area contributed by atoms with Gasteiger partial charge in [0.1, 0.15) is 0 Å². The third-order valence-corrected chi connectivity index (χ3v) is 4.03. The van der Waals surface area contributed by atoms with Gasteiger partial charge < -0.3 is 0 Å². The van der Waals surface area contributed by atoms with Crippen molar-refractivity contribution in [2.45, 2.75) is 52.3 Å². The SMILES string of the molecule is [2H]C([2H])C(=O)c1ccc(-c2ccc(CCCCCCC)cc2)cc1. The molecule has 0 aliphatic carbocycles. The molecule has 0 aliphatic rings. The Morgan fingerprint density at radius 1 is 0.864 bits per heavy atom. The van der Waals surface area contributed by atoms with Crippen LogP contribution in [0.3, 0.4) is 0 Å². The minimum atomic E-state index is -1.45. The molecule has 22 heavy (non-hydrogen) atoms. The van der Waals surface area contributed by atoms with E-state index in [4.69, 9.17) is 2.74 Å². The second-order valence-electron chi connectivity index (χ2n) is 5.80. The maximum Gasteiger partial charge on any atom is 0.159 e. The summed E-state index contributed by atoms with van der Waals surface area (Å²) in [6, 6.07) is 15.8. The highest BCUT2D eigenvalue weighted by atomic mass is 16.1. The average Bonchev–Trinajstić information content (AvgIpc) is 2.61. The number of aryl methyl sites for hydroxylation is 1. The topological polar surface area (TPSA) is 17.1 Å². The Hall–Kier alpha value is -1.89. The van der Waals surface area contributed by atoms with Crippen molar-refractivity contribution < 1.29 is 7.54 Å². The van der Waals surface area contributed by atoms with Crippen molar-refractivity contribution in [1.82, 2.24) is 0 Å². The summed E-state index contributed by atoms with van der Waals surface area (Å²) in [5, 5.41) is 0. The molecule has 0 radical (unpaired) electrons. The number of carbonyl (C=O) groups excluding carboxylic acids is 1. The van der Waals surface area contributed by atoms with Crippen LogP contribution in [0.2, 0.25) is 0 Å². The lowest BCUT2D eigenvalue weighted by Gasteiger charge is -2.06. The number of hydrogen-bond donors (Lipinski definition) is 0. The summed E-state index contributed by atoms with van der Waals surface area (Å²) in [5.74, 6) is -0.458. The van der Waals surface area contributed by atoms with Crippen LogP contribution in [0, 0.1) is 0 Å². The maximum atomic E-state index is 11.6. The molecule has 0 bridgehead atoms. The first-order valence-electron chi connectivity index (χ1n) is 9.35. The molecule has 0 fully saturated rings. The summed E-state index contributed by atoms with van der Waals surface area (Å²) in [6.07, 6.45) is 7.63. The molecule has 0 saturated heterocycles. The van der Waals surface area contributed by atoms with E-state index < -0.39 is 12.7 Å². The summed E-state index contributed by atoms with van der Waals surface area (Å²) in [5.41, 5.74) is 3.97. The molecule has 116 valence electrons. The van der Waals surface area contributed by atoms with Crippen molar-refractivity contribution in [3.63, 3.8) is 0 Å². The number of ketones is 1. The summed E-state index contributed by atoms with van der Waals surface area (Å²) in [6.45, 7) is 0.784. The van der Waals surface area contributed by atoms with Gasteiger partial charge in [0.2, 0.25) is 0 Å². The molecule has 2 rings (SSSR count). The fourth-order valence-electron chi connectivity index (χ4n) is 2.62. The van der Waals surface area contributed by atoms with Crippen LogP contribution in [0.5, 0.6) is 0 Å². The number of benzene rings is 2. The lowest BCUT2D eigenvalue weighted by Crippen LogP contribution is -1.91. The largest absolute Gasteiger partial charge is 0.295 e. The van der Waals surface area contributed by atoms with Gasteiger partial charge in [-0.3, -0.25) is 4.79 Å². The lowest BCUT2D eigenvalue weighted by molar-refractivity contribution is 0.101. The first-order valence-corrected chi connectivity index (χ1v) is 8.20. The standard InChI is InChI=1S/C21H26O/c1-3-4-5-6-7-8-18-9-11-20(12-10-18)21-15-13-19(14-16-21)17(2)22/h9-16H,3-8H2,1-2H3/i2D2. The van der Waals surface area contributed by atoms with E-state index in [2.05, 4.69) is 31.2 Å². The Morgan fingerprint density at radius 3 is 2.05 bits per heavy atom. The third-order valence-electron chi connectivity index (χ3n) is 4.03. The Labute approximate surface area is 137 Å². The van der Waals surface area contributed by atoms with Crippen LogP contribution in [-0.4, -0.2) is 5.78 Å². The molecule has 0 amide bonds. The van der Waals surface area contributed by atoms with Crippen molar-refractivity contribution in [3.05, 3.63) is 59.7 Å². The van der Waals surface area contributed by atoms with Gasteiger partial charge in [-0.1, -0.05) is 81.1 Å². The fourth-order valence-corrected chi connectivity index (χ4v) is 2.62. The molecule has 2 aromatic rings. The minimum absolute atomic E-state index is 0.428. The third kappa shape index (κ3) is 4.84. The Balaban J connectivity index is 1.94. The molecule has 0 unspecified atom stereocenters. The normalized spacial score (nSPS) is 12.1. The summed E-state index contributed by atoms with van der Waals surface area (Å²) < 4.78 is 14.3. The smallest absolute Gasteiger partial charge is 0.159 e. The Morgan fingerprint density at radius 2 is 1.45 bits per heavy atom. The van der Waals surface area contributed by atoms with E-state index in [9.17, 15) is 4.79 Å². The molecular weight excluding hydrogens is 268 g/mol. The fraction of sp³-hybridized carbons (Fsp3) is 0.381. The number of hydrogen-bond acceptors (Lipinski definition) is 1. The zero-order valence-corrected chi connectivity index (χ0v) is 13.3. The monoisotopic (exact) mass is 296 g/mol. The van der Waals surface area contributed by atoms with Crippen LogP contribution in [-0.2, 0) is 6.42 Å². The second kappa shape index (κ2) is 8.53. The van der Waals surface area contributed by atoms with Crippen LogP contribution in [0.25, 0.3) is 11.1 Å². The summed E-state index contributed by atoms with van der Waals surface area (Å²) in [4.78, 5) is 11.6. The van der Waals surface area contributed by atoms with E-state index in [0.717, 1.165) is 17.5 Å². The molecule has 0 N–H and O–H groups in total. The molecule has 0 atom stereocenters. The summed E-state index contributed by atoms with van der Waals surface area (Å²) >= 11 is 0. The lowest BCUT2D eigenvalue weighted by atomic mass is 9.99. The number of Topliss-reactive ketones (excluding diaryl/α,β-unsaturated/α-hetero) is 1. The minimum Gasteiger partial charge on any atom is -0.295 e. The van der Waals surface area contributed by atoms with Gasteiger partial charge in [-0.05, 0) is 36.4 Å². The van der Waals surface area contributed by atoms with Gasteiger partial charge >= 0.3 is 0 Å². The van der Waals surface area contributed by atoms with Gasteiger partial charge in [0.25, 0.3) is 0 Å². The van der Waals surface area contributed by atoms with E-state index in [-0.39, 0.29) is 0 Å². The van der Waals surface area contributed by atoms with E-state index in [1.54, 1.807) is 12.1 Å². The first-order chi connectivity index (χ1) is 11.6. The van der Waals surface area contributed by atoms with Gasteiger partial charge in [0, 0.05) is 8.30 Å². The summed E-state index contributed by atoms with van der Waals surface area (Å²) in [7, 11) is 0. The number of rotatable bonds is 8.